The van der Waals surface area contributed by atoms with Gasteiger partial charge < -0.3 is 25.0 Å². The Balaban J connectivity index is 3.02. The molecule has 28 heavy (non-hydrogen) atoms. The number of ether oxygens (including phenoxy) is 2. The predicted molar refractivity (Wildman–Crippen MR) is 90.5 cm³/mol. The number of hydrogen-bond donors (Lipinski definition) is 3. The highest BCUT2D eigenvalue weighted by Crippen LogP contribution is 2.29. The van der Waals surface area contributed by atoms with Crippen molar-refractivity contribution in [1.29, 1.82) is 0 Å². The summed E-state index contributed by atoms with van der Waals surface area (Å²) in [5, 5.41) is 31.5. The Kier molecular flexibility index (Phi) is 7.24. The molecule has 12 heteroatoms. The number of nitro benzene ring substituents is 1. The van der Waals surface area contributed by atoms with Gasteiger partial charge in [-0.3, -0.25) is 10.1 Å². The SMILES string of the molecule is CC(C)(C)OC(=O)N[C@@H](C[C@H](Oc1ccc(F)cc1[N+](=O)[O-])C(=O)O)C(=O)O. The van der Waals surface area contributed by atoms with E-state index in [0.29, 0.717) is 6.07 Å². The van der Waals surface area contributed by atoms with Crippen LogP contribution in [0.1, 0.15) is 27.2 Å². The van der Waals surface area contributed by atoms with Crippen molar-refractivity contribution < 1.29 is 43.4 Å². The van der Waals surface area contributed by atoms with Crippen LogP contribution in [-0.2, 0) is 14.3 Å². The molecule has 2 atom stereocenters. The van der Waals surface area contributed by atoms with Gasteiger partial charge in [0.05, 0.1) is 11.0 Å². The Hall–Kier alpha value is -3.44. The summed E-state index contributed by atoms with van der Waals surface area (Å²) in [6.45, 7) is 4.62. The molecule has 0 aliphatic carbocycles. The molecule has 0 fully saturated rings. The number of rotatable bonds is 8. The second-order valence-electron chi connectivity index (χ2n) is 6.59. The molecular weight excluding hydrogens is 383 g/mol. The summed E-state index contributed by atoms with van der Waals surface area (Å²) in [6.07, 6.45) is -3.77. The minimum Gasteiger partial charge on any atom is -0.480 e. The molecule has 154 valence electrons. The monoisotopic (exact) mass is 402 g/mol. The van der Waals surface area contributed by atoms with Crippen LogP contribution in [0.2, 0.25) is 0 Å². The van der Waals surface area contributed by atoms with Gasteiger partial charge in [0.2, 0.25) is 0 Å². The minimum atomic E-state index is -1.89. The molecule has 11 nitrogen and oxygen atoms in total. The molecule has 0 aliphatic heterocycles. The van der Waals surface area contributed by atoms with Crippen LogP contribution in [0.5, 0.6) is 5.75 Å². The Morgan fingerprint density at radius 3 is 2.32 bits per heavy atom. The maximum Gasteiger partial charge on any atom is 0.408 e. The second-order valence-corrected chi connectivity index (χ2v) is 6.59. The van der Waals surface area contributed by atoms with Gasteiger partial charge in [-0.1, -0.05) is 0 Å². The van der Waals surface area contributed by atoms with E-state index in [1.54, 1.807) is 20.8 Å². The maximum atomic E-state index is 13.2. The van der Waals surface area contributed by atoms with E-state index >= 15 is 0 Å². The number of hydrogen-bond acceptors (Lipinski definition) is 7. The first kappa shape index (κ1) is 22.6. The number of carbonyl (C=O) groups is 3. The Morgan fingerprint density at radius 1 is 1.25 bits per heavy atom. The normalized spacial score (nSPS) is 13.1. The van der Waals surface area contributed by atoms with Crippen LogP contribution in [0.15, 0.2) is 18.2 Å². The standard InChI is InChI=1S/C16H19FN2O9/c1-16(2,3)28-15(24)18-9(13(20)21)7-12(14(22)23)27-11-5-4-8(17)6-10(11)19(25)26/h4-6,9,12H,7H2,1-3H3,(H,18,24)(H,20,21)(H,22,23)/t9-,12-/m0/s1. The van der Waals surface area contributed by atoms with Gasteiger partial charge in [0.25, 0.3) is 0 Å². The van der Waals surface area contributed by atoms with Gasteiger partial charge in [0.15, 0.2) is 11.9 Å². The first-order valence-corrected chi connectivity index (χ1v) is 7.86. The highest BCUT2D eigenvalue weighted by Gasteiger charge is 2.32. The largest absolute Gasteiger partial charge is 0.480 e. The van der Waals surface area contributed by atoms with Gasteiger partial charge in [-0.05, 0) is 32.9 Å². The lowest BCUT2D eigenvalue weighted by Gasteiger charge is -2.23. The number of nitro groups is 1. The molecule has 0 aromatic heterocycles. The number of amides is 1. The van der Waals surface area contributed by atoms with E-state index in [-0.39, 0.29) is 0 Å². The Morgan fingerprint density at radius 2 is 1.86 bits per heavy atom. The van der Waals surface area contributed by atoms with E-state index in [1.807, 2.05) is 5.32 Å². The van der Waals surface area contributed by atoms with Crippen molar-refractivity contribution in [2.45, 2.75) is 44.9 Å². The van der Waals surface area contributed by atoms with E-state index < -0.39 is 64.4 Å². The Bertz CT molecular complexity index is 776. The summed E-state index contributed by atoms with van der Waals surface area (Å²) in [5.74, 6) is -4.73. The molecule has 1 aromatic carbocycles. The van der Waals surface area contributed by atoms with E-state index in [9.17, 15) is 39.1 Å². The molecule has 0 saturated carbocycles. The lowest BCUT2D eigenvalue weighted by atomic mass is 10.1. The number of alkyl carbamates (subject to hydrolysis) is 1. The fraction of sp³-hybridized carbons (Fsp3) is 0.438. The summed E-state index contributed by atoms with van der Waals surface area (Å²) in [7, 11) is 0. The second kappa shape index (κ2) is 8.97. The fourth-order valence-corrected chi connectivity index (χ4v) is 1.97. The summed E-state index contributed by atoms with van der Waals surface area (Å²) in [4.78, 5) is 44.5. The molecule has 0 saturated heterocycles. The molecule has 0 spiro atoms. The molecule has 1 aromatic rings. The van der Waals surface area contributed by atoms with Gasteiger partial charge in [0.1, 0.15) is 17.5 Å². The van der Waals surface area contributed by atoms with Gasteiger partial charge in [0, 0.05) is 6.42 Å². The molecule has 0 radical (unpaired) electrons. The molecule has 3 N–H and O–H groups in total. The number of nitrogens with zero attached hydrogens (tertiary/aromatic N) is 1. The third kappa shape index (κ3) is 7.05. The number of halogens is 1. The number of carboxylic acid groups (broad SMARTS) is 2. The molecule has 1 rings (SSSR count). The fourth-order valence-electron chi connectivity index (χ4n) is 1.97. The van der Waals surface area contributed by atoms with Crippen molar-refractivity contribution in [2.75, 3.05) is 0 Å². The van der Waals surface area contributed by atoms with Crippen molar-refractivity contribution in [3.05, 3.63) is 34.1 Å². The van der Waals surface area contributed by atoms with E-state index in [4.69, 9.17) is 9.47 Å². The number of benzene rings is 1. The van der Waals surface area contributed by atoms with Crippen molar-refractivity contribution in [1.82, 2.24) is 5.32 Å². The van der Waals surface area contributed by atoms with Crippen molar-refractivity contribution >= 4 is 23.7 Å². The van der Waals surface area contributed by atoms with Crippen LogP contribution in [-0.4, -0.2) is 50.9 Å². The molecule has 0 unspecified atom stereocenters. The zero-order valence-corrected chi connectivity index (χ0v) is 15.2. The van der Waals surface area contributed by atoms with Gasteiger partial charge in [-0.15, -0.1) is 0 Å². The third-order valence-corrected chi connectivity index (χ3v) is 3.10. The van der Waals surface area contributed by atoms with Crippen molar-refractivity contribution in [3.63, 3.8) is 0 Å². The van der Waals surface area contributed by atoms with E-state index in [2.05, 4.69) is 0 Å². The number of nitrogens with one attached hydrogen (secondary N) is 1. The molecule has 1 amide bonds. The zero-order chi connectivity index (χ0) is 21.6. The number of carbonyl (C=O) groups excluding carboxylic acids is 1. The summed E-state index contributed by atoms with van der Waals surface area (Å²) < 4.78 is 23.1. The first-order chi connectivity index (χ1) is 12.8. The summed E-state index contributed by atoms with van der Waals surface area (Å²) in [5.41, 5.74) is -1.76. The van der Waals surface area contributed by atoms with Crippen LogP contribution in [0.25, 0.3) is 0 Å². The highest BCUT2D eigenvalue weighted by atomic mass is 19.1. The summed E-state index contributed by atoms with van der Waals surface area (Å²) in [6, 6.07) is 0.465. The predicted octanol–water partition coefficient (Wildman–Crippen LogP) is 1.93. The highest BCUT2D eigenvalue weighted by molar-refractivity contribution is 5.81. The summed E-state index contributed by atoms with van der Waals surface area (Å²) >= 11 is 0. The van der Waals surface area contributed by atoms with Gasteiger partial charge in [-0.25, -0.2) is 18.8 Å². The van der Waals surface area contributed by atoms with Crippen molar-refractivity contribution in [3.8, 4) is 5.75 Å². The van der Waals surface area contributed by atoms with Crippen LogP contribution in [0.3, 0.4) is 0 Å². The molecule has 0 bridgehead atoms. The van der Waals surface area contributed by atoms with Crippen LogP contribution < -0.4 is 10.1 Å². The number of carboxylic acids is 2. The zero-order valence-electron chi connectivity index (χ0n) is 15.2. The topological polar surface area (TPSA) is 165 Å². The average molecular weight is 402 g/mol. The molecular formula is C16H19FN2O9. The first-order valence-electron chi connectivity index (χ1n) is 7.86. The Labute approximate surface area is 158 Å². The average Bonchev–Trinajstić information content (AvgIpc) is 2.52. The minimum absolute atomic E-state index is 0.530. The third-order valence-electron chi connectivity index (χ3n) is 3.10. The lowest BCUT2D eigenvalue weighted by Crippen LogP contribution is -2.47. The smallest absolute Gasteiger partial charge is 0.408 e. The maximum absolute atomic E-state index is 13.2. The van der Waals surface area contributed by atoms with E-state index in [0.717, 1.165) is 12.1 Å². The van der Waals surface area contributed by atoms with Crippen molar-refractivity contribution in [2.24, 2.45) is 0 Å². The van der Waals surface area contributed by atoms with Gasteiger partial charge >= 0.3 is 23.7 Å². The number of aliphatic carboxylic acids is 2. The van der Waals surface area contributed by atoms with Gasteiger partial charge in [-0.2, -0.15) is 0 Å². The van der Waals surface area contributed by atoms with Crippen LogP contribution in [0, 0.1) is 15.9 Å². The lowest BCUT2D eigenvalue weighted by molar-refractivity contribution is -0.386. The van der Waals surface area contributed by atoms with E-state index in [1.165, 1.54) is 0 Å². The quantitative estimate of drug-likeness (QED) is 0.435. The van der Waals surface area contributed by atoms with Crippen LogP contribution in [0.4, 0.5) is 14.9 Å². The molecule has 0 heterocycles. The molecule has 0 aliphatic rings. The van der Waals surface area contributed by atoms with Crippen LogP contribution >= 0.6 is 0 Å².